The van der Waals surface area contributed by atoms with E-state index in [1.807, 2.05) is 49.4 Å². The molecule has 43 heavy (non-hydrogen) atoms. The normalized spacial score (nSPS) is 17.2. The fourth-order valence-electron chi connectivity index (χ4n) is 5.79. The van der Waals surface area contributed by atoms with Crippen LogP contribution in [-0.4, -0.2) is 39.0 Å². The molecule has 2 saturated carbocycles. The lowest BCUT2D eigenvalue weighted by Crippen LogP contribution is -2.32. The Balaban J connectivity index is 1.41. The molecule has 0 spiro atoms. The average molecular weight is 605 g/mol. The van der Waals surface area contributed by atoms with Crippen molar-refractivity contribution < 1.29 is 18.6 Å². The minimum absolute atomic E-state index is 0.0904. The van der Waals surface area contributed by atoms with Gasteiger partial charge in [-0.2, -0.15) is 4.72 Å². The van der Waals surface area contributed by atoms with Gasteiger partial charge in [0, 0.05) is 30.6 Å². The zero-order chi connectivity index (χ0) is 30.2. The highest BCUT2D eigenvalue weighted by molar-refractivity contribution is 7.92. The van der Waals surface area contributed by atoms with Crippen molar-refractivity contribution in [2.45, 2.75) is 108 Å². The maximum absolute atomic E-state index is 13.5. The summed E-state index contributed by atoms with van der Waals surface area (Å²) in [6.45, 7) is 7.76. The summed E-state index contributed by atoms with van der Waals surface area (Å²) in [4.78, 5) is 20.0. The zero-order valence-corrected chi connectivity index (χ0v) is 26.5. The van der Waals surface area contributed by atoms with Crippen molar-refractivity contribution in [1.82, 2.24) is 10.1 Å². The Morgan fingerprint density at radius 2 is 1.98 bits per heavy atom. The number of aliphatic imine (C=N–C) groups is 1. The van der Waals surface area contributed by atoms with Gasteiger partial charge in [-0.25, -0.2) is 0 Å². The van der Waals surface area contributed by atoms with Crippen LogP contribution in [0.5, 0.6) is 0 Å². The Hall–Kier alpha value is -3.14. The standard InChI is InChI=1S/C34H44N4O4S/c1-4-6-13-32(35-34(3)18-9-10-19-34)38(24-39)22-25-14-17-28(27(20-25)23-41-5-2)29-11-7-8-12-31(29)43(40)37-33-21-30(36-42-33)26-15-16-26/h7-8,11-12,14,17,20-21,24,26,37H,4-6,9-10,13,15-16,18-19,22-23H2,1-3H3/b35-32-. The summed E-state index contributed by atoms with van der Waals surface area (Å²) in [5, 5.41) is 4.13. The smallest absolute Gasteiger partial charge is 0.266 e. The van der Waals surface area contributed by atoms with Crippen LogP contribution in [0.3, 0.4) is 0 Å². The highest BCUT2D eigenvalue weighted by atomic mass is 32.2. The number of unbranched alkanes of at least 4 members (excludes halogenated alkanes) is 1. The van der Waals surface area contributed by atoms with E-state index in [0.717, 1.165) is 85.1 Å². The number of ether oxygens (including phenoxy) is 1. The largest absolute Gasteiger partial charge is 0.588 e. The molecule has 9 heteroatoms. The van der Waals surface area contributed by atoms with Crippen LogP contribution in [0.4, 0.5) is 5.88 Å². The molecule has 2 aliphatic rings. The summed E-state index contributed by atoms with van der Waals surface area (Å²) in [6.07, 6.45) is 10.5. The van der Waals surface area contributed by atoms with Crippen molar-refractivity contribution in [2.75, 3.05) is 11.3 Å². The van der Waals surface area contributed by atoms with Crippen LogP contribution in [0.15, 0.2) is 62.9 Å². The molecule has 3 aromatic rings. The third kappa shape index (κ3) is 8.08. The van der Waals surface area contributed by atoms with Gasteiger partial charge in [0.25, 0.3) is 5.88 Å². The molecular formula is C34H44N4O4S. The van der Waals surface area contributed by atoms with E-state index >= 15 is 0 Å². The molecule has 1 unspecified atom stereocenters. The van der Waals surface area contributed by atoms with E-state index in [0.29, 0.717) is 36.5 Å². The fraction of sp³-hybridized carbons (Fsp3) is 0.500. The van der Waals surface area contributed by atoms with Gasteiger partial charge < -0.3 is 13.8 Å². The third-order valence-electron chi connectivity index (χ3n) is 8.37. The predicted molar refractivity (Wildman–Crippen MR) is 171 cm³/mol. The molecule has 2 aromatic carbocycles. The van der Waals surface area contributed by atoms with Gasteiger partial charge in [-0.1, -0.05) is 61.7 Å². The first kappa shape index (κ1) is 31.3. The second-order valence-corrected chi connectivity index (χ2v) is 13.1. The van der Waals surface area contributed by atoms with Crippen LogP contribution >= 0.6 is 0 Å². The minimum Gasteiger partial charge on any atom is -0.588 e. The van der Waals surface area contributed by atoms with Gasteiger partial charge in [0.05, 0.1) is 24.4 Å². The van der Waals surface area contributed by atoms with Gasteiger partial charge in [-0.05, 0) is 74.8 Å². The molecule has 8 nitrogen and oxygen atoms in total. The van der Waals surface area contributed by atoms with Crippen molar-refractivity contribution in [3.05, 3.63) is 65.4 Å². The highest BCUT2D eigenvalue weighted by Crippen LogP contribution is 2.40. The first-order valence-electron chi connectivity index (χ1n) is 15.7. The number of benzene rings is 2. The first-order chi connectivity index (χ1) is 20.9. The van der Waals surface area contributed by atoms with E-state index in [1.54, 1.807) is 4.90 Å². The fourth-order valence-corrected chi connectivity index (χ4v) is 6.76. The number of hydrogen-bond donors (Lipinski definition) is 1. The molecule has 0 saturated heterocycles. The van der Waals surface area contributed by atoms with Crippen molar-refractivity contribution >= 4 is 29.5 Å². The Morgan fingerprint density at radius 3 is 2.70 bits per heavy atom. The van der Waals surface area contributed by atoms with Crippen LogP contribution in [-0.2, 0) is 34.0 Å². The number of hydrogen-bond acceptors (Lipinski definition) is 7. The molecule has 1 aromatic heterocycles. The van der Waals surface area contributed by atoms with E-state index in [2.05, 4.69) is 29.8 Å². The Bertz CT molecular complexity index is 1400. The van der Waals surface area contributed by atoms with Gasteiger partial charge >= 0.3 is 0 Å². The van der Waals surface area contributed by atoms with Gasteiger partial charge in [-0.15, -0.1) is 0 Å². The lowest BCUT2D eigenvalue weighted by atomic mass is 9.97. The van der Waals surface area contributed by atoms with E-state index < -0.39 is 11.4 Å². The highest BCUT2D eigenvalue weighted by Gasteiger charge is 2.30. The van der Waals surface area contributed by atoms with Crippen molar-refractivity contribution in [1.29, 1.82) is 0 Å². The monoisotopic (exact) mass is 604 g/mol. The number of carbonyl (C=O) groups excluding carboxylic acids is 1. The molecule has 0 bridgehead atoms. The molecule has 1 amide bonds. The Labute approximate surface area is 258 Å². The van der Waals surface area contributed by atoms with Crippen molar-refractivity contribution in [3.8, 4) is 11.1 Å². The van der Waals surface area contributed by atoms with Gasteiger partial charge in [0.1, 0.15) is 17.2 Å². The van der Waals surface area contributed by atoms with Gasteiger partial charge in [-0.3, -0.25) is 14.7 Å². The number of aromatic nitrogens is 1. The molecular weight excluding hydrogens is 560 g/mol. The van der Waals surface area contributed by atoms with Crippen LogP contribution in [0.1, 0.15) is 101 Å². The second kappa shape index (κ2) is 14.6. The molecule has 1 N–H and O–H groups in total. The summed E-state index contributed by atoms with van der Waals surface area (Å²) in [5.74, 6) is 1.73. The number of nitrogens with zero attached hydrogens (tertiary/aromatic N) is 3. The topological polar surface area (TPSA) is 103 Å². The molecule has 2 aliphatic carbocycles. The summed E-state index contributed by atoms with van der Waals surface area (Å²) in [7, 11) is 0. The number of anilines is 1. The summed E-state index contributed by atoms with van der Waals surface area (Å²) >= 11 is -1.57. The van der Waals surface area contributed by atoms with Crippen LogP contribution in [0, 0.1) is 0 Å². The Morgan fingerprint density at radius 1 is 1.19 bits per heavy atom. The number of nitrogens with one attached hydrogen (secondary N) is 1. The second-order valence-electron chi connectivity index (χ2n) is 12.0. The minimum atomic E-state index is -1.57. The van der Waals surface area contributed by atoms with E-state index in [4.69, 9.17) is 14.3 Å². The molecule has 0 radical (unpaired) electrons. The number of amides is 1. The number of rotatable bonds is 15. The molecule has 1 atom stereocenters. The van der Waals surface area contributed by atoms with E-state index in [-0.39, 0.29) is 5.54 Å². The van der Waals surface area contributed by atoms with Crippen LogP contribution < -0.4 is 4.72 Å². The quantitative estimate of drug-likeness (QED) is 0.0823. The first-order valence-corrected chi connectivity index (χ1v) is 16.8. The summed E-state index contributed by atoms with van der Waals surface area (Å²) < 4.78 is 27.8. The molecule has 5 rings (SSSR count). The maximum Gasteiger partial charge on any atom is 0.266 e. The number of amidine groups is 1. The average Bonchev–Trinajstić information content (AvgIpc) is 3.62. The lowest BCUT2D eigenvalue weighted by Gasteiger charge is -2.26. The van der Waals surface area contributed by atoms with Crippen molar-refractivity contribution in [3.63, 3.8) is 0 Å². The lowest BCUT2D eigenvalue weighted by molar-refractivity contribution is -0.115. The summed E-state index contributed by atoms with van der Waals surface area (Å²) in [5.41, 5.74) is 4.58. The predicted octanol–water partition coefficient (Wildman–Crippen LogP) is 7.77. The SMILES string of the molecule is CCCC/C(=N/C1(C)CCCC1)N(C=O)Cc1ccc(-c2ccccc2[S+]([O-])Nc2cc(C3CC3)no2)c(COCC)c1. The molecule has 0 aliphatic heterocycles. The zero-order valence-electron chi connectivity index (χ0n) is 25.6. The molecule has 230 valence electrons. The maximum atomic E-state index is 13.5. The van der Waals surface area contributed by atoms with Crippen LogP contribution in [0.2, 0.25) is 0 Å². The van der Waals surface area contributed by atoms with Gasteiger partial charge in [0.15, 0.2) is 4.90 Å². The van der Waals surface area contributed by atoms with E-state index in [1.165, 1.54) is 12.8 Å². The summed E-state index contributed by atoms with van der Waals surface area (Å²) in [6, 6.07) is 15.7. The third-order valence-corrected chi connectivity index (χ3v) is 9.51. The van der Waals surface area contributed by atoms with Gasteiger partial charge in [0.2, 0.25) is 6.41 Å². The molecule has 1 heterocycles. The Kier molecular flexibility index (Phi) is 10.6. The van der Waals surface area contributed by atoms with E-state index in [9.17, 15) is 9.35 Å². The number of carbonyl (C=O) groups is 1. The van der Waals surface area contributed by atoms with Crippen LogP contribution in [0.25, 0.3) is 11.1 Å². The van der Waals surface area contributed by atoms with Crippen molar-refractivity contribution in [2.24, 2.45) is 4.99 Å². The molecule has 2 fully saturated rings.